The molecule has 1 aliphatic heterocycles. The zero-order valence-electron chi connectivity index (χ0n) is 21.1. The molecule has 1 atom stereocenters. The molecule has 6 nitrogen and oxygen atoms in total. The third-order valence-electron chi connectivity index (χ3n) is 6.47. The number of ether oxygens (including phenoxy) is 2. The number of benzene rings is 1. The largest absolute Gasteiger partial charge is 0.513 e. The molecule has 1 aromatic rings. The fraction of sp³-hybridized carbons (Fsp3) is 0.640. The van der Waals surface area contributed by atoms with Crippen LogP contribution in [-0.2, 0) is 25.3 Å². The molecule has 1 aliphatic rings. The normalized spacial score (nSPS) is 18.8. The first-order chi connectivity index (χ1) is 14.8. The standard InChI is InChI=1S/C25H39BO6/c1-10-21(27)20(26-31-24(6,7)25(8,9)32-26)14-17(4)30-23-18(5)16(3)12-13-19(23)15-22(28)29-11-2/h12-13,17,27H,10-11,14-15H2,1-9H3/b21-20-. The molecule has 2 rings (SSSR count). The number of aliphatic hydroxyl groups is 1. The van der Waals surface area contributed by atoms with E-state index in [0.29, 0.717) is 30.7 Å². The highest BCUT2D eigenvalue weighted by Crippen LogP contribution is 2.40. The molecule has 7 heteroatoms. The lowest BCUT2D eigenvalue weighted by molar-refractivity contribution is -0.142. The zero-order chi connectivity index (χ0) is 24.3. The van der Waals surface area contributed by atoms with Crippen molar-refractivity contribution in [2.24, 2.45) is 0 Å². The van der Waals surface area contributed by atoms with Gasteiger partial charge in [0.1, 0.15) is 5.75 Å². The second-order valence-corrected chi connectivity index (χ2v) is 9.52. The van der Waals surface area contributed by atoms with Gasteiger partial charge in [-0.2, -0.15) is 0 Å². The Labute approximate surface area is 193 Å². The molecule has 1 saturated heterocycles. The van der Waals surface area contributed by atoms with E-state index in [1.165, 1.54) is 0 Å². The maximum atomic E-state index is 12.1. The lowest BCUT2D eigenvalue weighted by Crippen LogP contribution is -2.41. The number of carbonyl (C=O) groups excluding carboxylic acids is 1. The second-order valence-electron chi connectivity index (χ2n) is 9.52. The van der Waals surface area contributed by atoms with Crippen LogP contribution in [0.5, 0.6) is 5.75 Å². The molecule has 0 saturated carbocycles. The van der Waals surface area contributed by atoms with Gasteiger partial charge in [-0.3, -0.25) is 4.79 Å². The van der Waals surface area contributed by atoms with Crippen molar-refractivity contribution < 1.29 is 28.7 Å². The van der Waals surface area contributed by atoms with E-state index < -0.39 is 18.3 Å². The van der Waals surface area contributed by atoms with Gasteiger partial charge in [-0.05, 0) is 66.5 Å². The molecule has 0 aromatic heterocycles. The Balaban J connectivity index is 2.27. The third-order valence-corrected chi connectivity index (χ3v) is 6.47. The van der Waals surface area contributed by atoms with Crippen LogP contribution in [0, 0.1) is 13.8 Å². The number of carbonyl (C=O) groups is 1. The zero-order valence-corrected chi connectivity index (χ0v) is 21.1. The van der Waals surface area contributed by atoms with E-state index in [1.807, 2.05) is 67.5 Å². The van der Waals surface area contributed by atoms with Crippen LogP contribution >= 0.6 is 0 Å². The SMILES string of the molecule is CCOC(=O)Cc1ccc(C)c(C)c1OC(C)C/C(B1OC(C)(C)C(C)(C)O1)=C(/O)CC. The fourth-order valence-electron chi connectivity index (χ4n) is 3.63. The van der Waals surface area contributed by atoms with Crippen molar-refractivity contribution in [3.8, 4) is 5.75 Å². The maximum Gasteiger partial charge on any atom is 0.494 e. The molecule has 0 aliphatic carbocycles. The molecule has 178 valence electrons. The van der Waals surface area contributed by atoms with E-state index >= 15 is 0 Å². The van der Waals surface area contributed by atoms with Gasteiger partial charge < -0.3 is 23.9 Å². The van der Waals surface area contributed by atoms with Gasteiger partial charge in [0.25, 0.3) is 0 Å². The molecule has 1 heterocycles. The van der Waals surface area contributed by atoms with Crippen molar-refractivity contribution in [2.45, 2.75) is 98.9 Å². The summed E-state index contributed by atoms with van der Waals surface area (Å²) in [5.41, 5.74) is 2.55. The summed E-state index contributed by atoms with van der Waals surface area (Å²) < 4.78 is 23.9. The molecular weight excluding hydrogens is 407 g/mol. The van der Waals surface area contributed by atoms with Crippen molar-refractivity contribution in [1.82, 2.24) is 0 Å². The predicted octanol–water partition coefficient (Wildman–Crippen LogP) is 5.42. The summed E-state index contributed by atoms with van der Waals surface area (Å²) in [7, 11) is -0.636. The van der Waals surface area contributed by atoms with Crippen LogP contribution in [0.4, 0.5) is 0 Å². The summed E-state index contributed by atoms with van der Waals surface area (Å²) >= 11 is 0. The number of aryl methyl sites for hydroxylation is 1. The van der Waals surface area contributed by atoms with Gasteiger partial charge in [-0.15, -0.1) is 0 Å². The van der Waals surface area contributed by atoms with Gasteiger partial charge in [-0.25, -0.2) is 0 Å². The smallest absolute Gasteiger partial charge is 0.494 e. The molecule has 0 spiro atoms. The molecule has 1 unspecified atom stereocenters. The second kappa shape index (κ2) is 10.3. The summed E-state index contributed by atoms with van der Waals surface area (Å²) in [5, 5.41) is 10.7. The number of rotatable bonds is 9. The van der Waals surface area contributed by atoms with Crippen molar-refractivity contribution in [2.75, 3.05) is 6.61 Å². The summed E-state index contributed by atoms with van der Waals surface area (Å²) in [4.78, 5) is 12.1. The first-order valence-electron chi connectivity index (χ1n) is 11.5. The molecular formula is C25H39BO6. The lowest BCUT2D eigenvalue weighted by atomic mass is 9.74. The molecule has 1 aromatic carbocycles. The lowest BCUT2D eigenvalue weighted by Gasteiger charge is -2.32. The van der Waals surface area contributed by atoms with Gasteiger partial charge in [0.15, 0.2) is 0 Å². The van der Waals surface area contributed by atoms with Crippen molar-refractivity contribution >= 4 is 13.1 Å². The van der Waals surface area contributed by atoms with Gasteiger partial charge in [0.05, 0.1) is 36.1 Å². The van der Waals surface area contributed by atoms with Gasteiger partial charge in [-0.1, -0.05) is 19.1 Å². The molecule has 1 N–H and O–H groups in total. The van der Waals surface area contributed by atoms with Crippen LogP contribution in [0.3, 0.4) is 0 Å². The Bertz CT molecular complexity index is 842. The third kappa shape index (κ3) is 5.87. The topological polar surface area (TPSA) is 74.2 Å². The highest BCUT2D eigenvalue weighted by Gasteiger charge is 2.53. The molecule has 0 amide bonds. The Kier molecular flexibility index (Phi) is 8.46. The highest BCUT2D eigenvalue weighted by atomic mass is 16.7. The van der Waals surface area contributed by atoms with Crippen LogP contribution in [0.25, 0.3) is 0 Å². The van der Waals surface area contributed by atoms with Gasteiger partial charge in [0.2, 0.25) is 0 Å². The Morgan fingerprint density at radius 1 is 1.12 bits per heavy atom. The van der Waals surface area contributed by atoms with Crippen LogP contribution < -0.4 is 4.74 Å². The van der Waals surface area contributed by atoms with Crippen molar-refractivity contribution in [3.63, 3.8) is 0 Å². The molecule has 32 heavy (non-hydrogen) atoms. The minimum atomic E-state index is -0.636. The molecule has 0 bridgehead atoms. The Hall–Kier alpha value is -1.99. The van der Waals surface area contributed by atoms with Crippen molar-refractivity contribution in [1.29, 1.82) is 0 Å². The van der Waals surface area contributed by atoms with E-state index in [4.69, 9.17) is 18.8 Å². The van der Waals surface area contributed by atoms with E-state index in [0.717, 1.165) is 16.7 Å². The first kappa shape index (κ1) is 26.3. The minimum absolute atomic E-state index is 0.150. The monoisotopic (exact) mass is 446 g/mol. The highest BCUT2D eigenvalue weighted by molar-refractivity contribution is 6.54. The van der Waals surface area contributed by atoms with Crippen molar-refractivity contribution in [3.05, 3.63) is 40.1 Å². The number of aliphatic hydroxyl groups excluding tert-OH is 1. The van der Waals surface area contributed by atoms with Crippen LogP contribution in [0.15, 0.2) is 23.4 Å². The number of allylic oxidation sites excluding steroid dienone is 1. The number of hydrogen-bond acceptors (Lipinski definition) is 6. The Morgan fingerprint density at radius 3 is 2.25 bits per heavy atom. The van der Waals surface area contributed by atoms with E-state index in [-0.39, 0.29) is 24.3 Å². The maximum absolute atomic E-state index is 12.1. The quantitative estimate of drug-likeness (QED) is 0.310. The van der Waals surface area contributed by atoms with E-state index in [2.05, 4.69) is 0 Å². The fourth-order valence-corrected chi connectivity index (χ4v) is 3.63. The van der Waals surface area contributed by atoms with Crippen LogP contribution in [0.1, 0.15) is 78.0 Å². The average molecular weight is 446 g/mol. The summed E-state index contributed by atoms with van der Waals surface area (Å²) in [6.45, 7) is 17.9. The van der Waals surface area contributed by atoms with Gasteiger partial charge in [0, 0.05) is 23.9 Å². The average Bonchev–Trinajstić information content (AvgIpc) is 2.92. The van der Waals surface area contributed by atoms with Gasteiger partial charge >= 0.3 is 13.1 Å². The Morgan fingerprint density at radius 2 is 1.72 bits per heavy atom. The summed E-state index contributed by atoms with van der Waals surface area (Å²) in [5.74, 6) is 0.663. The summed E-state index contributed by atoms with van der Waals surface area (Å²) in [6.07, 6.45) is 0.781. The predicted molar refractivity (Wildman–Crippen MR) is 127 cm³/mol. The number of esters is 1. The number of hydrogen-bond donors (Lipinski definition) is 1. The van der Waals surface area contributed by atoms with E-state index in [1.54, 1.807) is 6.92 Å². The van der Waals surface area contributed by atoms with E-state index in [9.17, 15) is 9.90 Å². The van der Waals surface area contributed by atoms with Crippen LogP contribution in [0.2, 0.25) is 0 Å². The molecule has 1 fully saturated rings. The molecule has 0 radical (unpaired) electrons. The minimum Gasteiger partial charge on any atom is -0.513 e. The van der Waals surface area contributed by atoms with Crippen LogP contribution in [-0.4, -0.2) is 42.1 Å². The first-order valence-corrected chi connectivity index (χ1v) is 11.5. The summed E-state index contributed by atoms with van der Waals surface area (Å²) in [6, 6.07) is 3.90.